The third kappa shape index (κ3) is 3.38. The second kappa shape index (κ2) is 7.58. The zero-order valence-electron chi connectivity index (χ0n) is 16.3. The third-order valence-corrected chi connectivity index (χ3v) is 4.96. The van der Waals surface area contributed by atoms with Gasteiger partial charge >= 0.3 is 0 Å². The quantitative estimate of drug-likeness (QED) is 0.466. The van der Waals surface area contributed by atoms with Crippen LogP contribution in [0.4, 0.5) is 10.2 Å². The number of fused-ring (bicyclic) bond motifs is 1. The Morgan fingerprint density at radius 3 is 2.42 bits per heavy atom. The Morgan fingerprint density at radius 1 is 0.935 bits per heavy atom. The van der Waals surface area contributed by atoms with Crippen molar-refractivity contribution in [1.29, 1.82) is 0 Å². The number of anilines is 1. The number of rotatable bonds is 4. The zero-order valence-corrected chi connectivity index (χ0v) is 16.3. The number of pyridine rings is 1. The highest BCUT2D eigenvalue weighted by molar-refractivity contribution is 5.83. The molecule has 152 valence electrons. The molecular formula is C23H17FN6O. The summed E-state index contributed by atoms with van der Waals surface area (Å²) in [6, 6.07) is 17.1. The predicted octanol–water partition coefficient (Wildman–Crippen LogP) is 3.76. The first kappa shape index (κ1) is 18.8. The topological polar surface area (TPSA) is 103 Å². The van der Waals surface area contributed by atoms with E-state index in [1.807, 2.05) is 34.9 Å². The molecule has 0 unspecified atom stereocenters. The van der Waals surface area contributed by atoms with Crippen LogP contribution in [0, 0.1) is 5.82 Å². The molecule has 3 aromatic heterocycles. The van der Waals surface area contributed by atoms with Crippen molar-refractivity contribution in [3.8, 4) is 28.5 Å². The highest BCUT2D eigenvalue weighted by Gasteiger charge is 2.19. The van der Waals surface area contributed by atoms with Gasteiger partial charge in [0.2, 0.25) is 0 Å². The van der Waals surface area contributed by atoms with Crippen LogP contribution in [0.1, 0.15) is 5.56 Å². The minimum Gasteiger partial charge on any atom is -0.392 e. The van der Waals surface area contributed by atoms with Crippen molar-refractivity contribution in [2.24, 2.45) is 0 Å². The van der Waals surface area contributed by atoms with Crippen molar-refractivity contribution >= 4 is 17.0 Å². The summed E-state index contributed by atoms with van der Waals surface area (Å²) in [4.78, 5) is 18.0. The van der Waals surface area contributed by atoms with Gasteiger partial charge in [-0.1, -0.05) is 12.1 Å². The maximum absolute atomic E-state index is 13.3. The number of hydrogen-bond acceptors (Lipinski definition) is 6. The summed E-state index contributed by atoms with van der Waals surface area (Å²) in [6.07, 6.45) is 3.25. The molecular weight excluding hydrogens is 395 g/mol. The van der Waals surface area contributed by atoms with E-state index in [4.69, 9.17) is 15.7 Å². The number of halogens is 1. The van der Waals surface area contributed by atoms with Crippen molar-refractivity contribution < 1.29 is 9.50 Å². The largest absolute Gasteiger partial charge is 0.392 e. The van der Waals surface area contributed by atoms with Crippen LogP contribution in [0.15, 0.2) is 73.1 Å². The van der Waals surface area contributed by atoms with Gasteiger partial charge in [0.1, 0.15) is 17.2 Å². The molecule has 7 nitrogen and oxygen atoms in total. The summed E-state index contributed by atoms with van der Waals surface area (Å²) in [6.45, 7) is -0.0513. The molecule has 3 N–H and O–H groups in total. The smallest absolute Gasteiger partial charge is 0.169 e. The minimum atomic E-state index is -0.326. The maximum atomic E-state index is 13.3. The number of imidazole rings is 1. The SMILES string of the molecule is Nc1ncccc1-c1nc2cnc(-c3ccc(F)cc3)nc2n1-c1ccc(CO)cc1. The predicted molar refractivity (Wildman–Crippen MR) is 116 cm³/mol. The minimum absolute atomic E-state index is 0.0513. The van der Waals surface area contributed by atoms with Crippen molar-refractivity contribution in [2.45, 2.75) is 6.61 Å². The monoisotopic (exact) mass is 412 g/mol. The lowest BCUT2D eigenvalue weighted by Gasteiger charge is -2.11. The molecule has 3 heterocycles. The second-order valence-corrected chi connectivity index (χ2v) is 6.94. The Kier molecular flexibility index (Phi) is 4.61. The number of aliphatic hydroxyl groups is 1. The number of nitrogens with two attached hydrogens (primary N) is 1. The molecule has 2 aromatic carbocycles. The van der Waals surface area contributed by atoms with E-state index in [0.717, 1.165) is 11.3 Å². The first-order valence-corrected chi connectivity index (χ1v) is 9.56. The molecule has 0 aliphatic rings. The van der Waals surface area contributed by atoms with Crippen LogP contribution in [-0.2, 0) is 6.61 Å². The molecule has 31 heavy (non-hydrogen) atoms. The van der Waals surface area contributed by atoms with Crippen molar-refractivity contribution in [3.63, 3.8) is 0 Å². The number of nitrogen functional groups attached to an aromatic ring is 1. The van der Waals surface area contributed by atoms with Gasteiger partial charge in [-0.15, -0.1) is 0 Å². The lowest BCUT2D eigenvalue weighted by Crippen LogP contribution is -2.02. The number of aliphatic hydroxyl groups excluding tert-OH is 1. The number of hydrogen-bond donors (Lipinski definition) is 2. The fourth-order valence-corrected chi connectivity index (χ4v) is 3.39. The summed E-state index contributed by atoms with van der Waals surface area (Å²) in [5.41, 5.74) is 10.2. The van der Waals surface area contributed by atoms with E-state index in [0.29, 0.717) is 39.8 Å². The van der Waals surface area contributed by atoms with Crippen LogP contribution in [-0.4, -0.2) is 29.6 Å². The Balaban J connectivity index is 1.77. The average molecular weight is 412 g/mol. The van der Waals surface area contributed by atoms with E-state index in [1.165, 1.54) is 12.1 Å². The van der Waals surface area contributed by atoms with Crippen molar-refractivity contribution in [2.75, 3.05) is 5.73 Å². The maximum Gasteiger partial charge on any atom is 0.169 e. The molecule has 0 amide bonds. The summed E-state index contributed by atoms with van der Waals surface area (Å²) in [5.74, 6) is 1.04. The van der Waals surface area contributed by atoms with E-state index in [1.54, 1.807) is 30.6 Å². The highest BCUT2D eigenvalue weighted by atomic mass is 19.1. The van der Waals surface area contributed by atoms with Crippen LogP contribution in [0.25, 0.3) is 39.6 Å². The fraction of sp³-hybridized carbons (Fsp3) is 0.0435. The Morgan fingerprint density at radius 2 is 1.71 bits per heavy atom. The molecule has 0 bridgehead atoms. The van der Waals surface area contributed by atoms with Crippen LogP contribution >= 0.6 is 0 Å². The summed E-state index contributed by atoms with van der Waals surface area (Å²) in [7, 11) is 0. The van der Waals surface area contributed by atoms with Crippen LogP contribution in [0.3, 0.4) is 0 Å². The fourth-order valence-electron chi connectivity index (χ4n) is 3.39. The van der Waals surface area contributed by atoms with Gasteiger partial charge in [0.25, 0.3) is 0 Å². The average Bonchev–Trinajstić information content (AvgIpc) is 3.18. The first-order valence-electron chi connectivity index (χ1n) is 9.56. The van der Waals surface area contributed by atoms with Gasteiger partial charge in [-0.3, -0.25) is 4.57 Å². The number of benzene rings is 2. The molecule has 0 aliphatic carbocycles. The first-order chi connectivity index (χ1) is 15.1. The molecule has 0 radical (unpaired) electrons. The van der Waals surface area contributed by atoms with E-state index >= 15 is 0 Å². The molecule has 0 saturated heterocycles. The number of aromatic nitrogens is 5. The van der Waals surface area contributed by atoms with Crippen molar-refractivity contribution in [1.82, 2.24) is 24.5 Å². The van der Waals surface area contributed by atoms with Gasteiger partial charge in [-0.25, -0.2) is 24.3 Å². The Labute approximate surface area is 176 Å². The highest BCUT2D eigenvalue weighted by Crippen LogP contribution is 2.31. The van der Waals surface area contributed by atoms with Crippen LogP contribution < -0.4 is 5.73 Å². The van der Waals surface area contributed by atoms with E-state index < -0.39 is 0 Å². The lowest BCUT2D eigenvalue weighted by molar-refractivity contribution is 0.282. The Bertz CT molecular complexity index is 1380. The lowest BCUT2D eigenvalue weighted by atomic mass is 10.2. The molecule has 8 heteroatoms. The van der Waals surface area contributed by atoms with E-state index in [2.05, 4.69) is 9.97 Å². The normalized spacial score (nSPS) is 11.2. The van der Waals surface area contributed by atoms with Gasteiger partial charge in [0.15, 0.2) is 17.3 Å². The number of nitrogens with zero attached hydrogens (tertiary/aromatic N) is 5. The standard InChI is InChI=1S/C23H17FN6O/c24-16-7-5-15(6-8-16)21-27-12-19-23(29-21)30(17-9-3-14(13-31)4-10-17)22(28-19)18-2-1-11-26-20(18)25/h1-12,31H,13H2,(H2,25,26). The second-order valence-electron chi connectivity index (χ2n) is 6.94. The molecule has 5 rings (SSSR count). The molecule has 5 aromatic rings. The van der Waals surface area contributed by atoms with E-state index in [9.17, 15) is 9.50 Å². The van der Waals surface area contributed by atoms with Crippen molar-refractivity contribution in [3.05, 3.63) is 84.4 Å². The summed E-state index contributed by atoms with van der Waals surface area (Å²) < 4.78 is 15.2. The third-order valence-electron chi connectivity index (χ3n) is 4.96. The van der Waals surface area contributed by atoms with Gasteiger partial charge < -0.3 is 10.8 Å². The van der Waals surface area contributed by atoms with Gasteiger partial charge in [0, 0.05) is 17.4 Å². The summed E-state index contributed by atoms with van der Waals surface area (Å²) >= 11 is 0. The summed E-state index contributed by atoms with van der Waals surface area (Å²) in [5, 5.41) is 9.39. The molecule has 0 saturated carbocycles. The van der Waals surface area contributed by atoms with Crippen LogP contribution in [0.2, 0.25) is 0 Å². The van der Waals surface area contributed by atoms with Gasteiger partial charge in [0.05, 0.1) is 18.4 Å². The van der Waals surface area contributed by atoms with Gasteiger partial charge in [-0.2, -0.15) is 0 Å². The van der Waals surface area contributed by atoms with Gasteiger partial charge in [-0.05, 0) is 54.1 Å². The Hall–Kier alpha value is -4.17. The molecule has 0 aliphatic heterocycles. The molecule has 0 spiro atoms. The zero-order chi connectivity index (χ0) is 21.4. The molecule has 0 fully saturated rings. The van der Waals surface area contributed by atoms with Crippen LogP contribution in [0.5, 0.6) is 0 Å². The molecule has 0 atom stereocenters. The van der Waals surface area contributed by atoms with E-state index in [-0.39, 0.29) is 12.4 Å².